The van der Waals surface area contributed by atoms with E-state index >= 15 is 0 Å². The van der Waals surface area contributed by atoms with Crippen molar-refractivity contribution < 1.29 is 0 Å². The molecular formula is C15H18N4S2. The molecule has 0 radical (unpaired) electrons. The summed E-state index contributed by atoms with van der Waals surface area (Å²) >= 11 is 6.84. The van der Waals surface area contributed by atoms with Crippen molar-refractivity contribution >= 4 is 34.4 Å². The highest BCUT2D eigenvalue weighted by molar-refractivity contribution is 7.80. The summed E-state index contributed by atoms with van der Waals surface area (Å²) in [5.74, 6) is 0.819. The normalized spacial score (nSPS) is 13.7. The highest BCUT2D eigenvalue weighted by atomic mass is 32.1. The van der Waals surface area contributed by atoms with Gasteiger partial charge in [-0.05, 0) is 37.3 Å². The number of thiocarbonyl (C=S) groups is 1. The Morgan fingerprint density at radius 2 is 2.24 bits per heavy atom. The number of hydrogen-bond acceptors (Lipinski definition) is 5. The van der Waals surface area contributed by atoms with E-state index in [1.807, 2.05) is 11.6 Å². The number of thiazole rings is 1. The third-order valence-electron chi connectivity index (χ3n) is 3.68. The zero-order valence-electron chi connectivity index (χ0n) is 11.8. The van der Waals surface area contributed by atoms with Crippen molar-refractivity contribution in [3.05, 3.63) is 39.5 Å². The van der Waals surface area contributed by atoms with Gasteiger partial charge in [0, 0.05) is 30.2 Å². The zero-order chi connectivity index (χ0) is 14.7. The van der Waals surface area contributed by atoms with Crippen LogP contribution >= 0.6 is 23.6 Å². The number of nitrogens with two attached hydrogens (primary N) is 1. The maximum Gasteiger partial charge on any atom is 0.136 e. The molecule has 0 atom stereocenters. The second-order valence-electron chi connectivity index (χ2n) is 5.16. The maximum absolute atomic E-state index is 5.86. The fourth-order valence-electron chi connectivity index (χ4n) is 2.62. The van der Waals surface area contributed by atoms with Crippen LogP contribution in [0.15, 0.2) is 17.6 Å². The number of aryl methyl sites for hydroxylation is 2. The van der Waals surface area contributed by atoms with E-state index < -0.39 is 0 Å². The van der Waals surface area contributed by atoms with Gasteiger partial charge in [0.25, 0.3) is 0 Å². The number of pyridine rings is 1. The fraction of sp³-hybridized carbons (Fsp3) is 0.400. The number of hydrogen-bond donors (Lipinski definition) is 2. The topological polar surface area (TPSA) is 63.8 Å². The van der Waals surface area contributed by atoms with Crippen LogP contribution in [0.2, 0.25) is 0 Å². The molecule has 2 aromatic rings. The molecule has 0 aromatic carbocycles. The van der Waals surface area contributed by atoms with Crippen LogP contribution in [-0.2, 0) is 19.3 Å². The molecule has 4 nitrogen and oxygen atoms in total. The minimum Gasteiger partial charge on any atom is -0.389 e. The van der Waals surface area contributed by atoms with Crippen LogP contribution in [0.3, 0.4) is 0 Å². The summed E-state index contributed by atoms with van der Waals surface area (Å²) in [5.41, 5.74) is 9.21. The first-order chi connectivity index (χ1) is 10.2. The van der Waals surface area contributed by atoms with E-state index in [0.29, 0.717) is 4.99 Å². The van der Waals surface area contributed by atoms with Crippen LogP contribution < -0.4 is 11.1 Å². The Kier molecular flexibility index (Phi) is 4.45. The Bertz CT molecular complexity index is 637. The first kappa shape index (κ1) is 14.4. The molecule has 21 heavy (non-hydrogen) atoms. The first-order valence-corrected chi connectivity index (χ1v) is 8.47. The monoisotopic (exact) mass is 318 g/mol. The molecule has 0 saturated carbocycles. The third-order valence-corrected chi connectivity index (χ3v) is 4.74. The second kappa shape index (κ2) is 6.49. The lowest BCUT2D eigenvalue weighted by atomic mass is 9.94. The van der Waals surface area contributed by atoms with Gasteiger partial charge in [-0.3, -0.25) is 0 Å². The van der Waals surface area contributed by atoms with Crippen molar-refractivity contribution in [2.45, 2.75) is 32.1 Å². The molecule has 2 heterocycles. The lowest BCUT2D eigenvalue weighted by Crippen LogP contribution is -2.19. The molecule has 0 fully saturated rings. The number of fused-ring (bicyclic) bond motifs is 1. The molecule has 0 spiro atoms. The van der Waals surface area contributed by atoms with E-state index in [1.165, 1.54) is 24.1 Å². The second-order valence-corrected chi connectivity index (χ2v) is 6.58. The SMILES string of the molecule is NC(=S)c1cc2c(nc1NCCc1nccs1)CCCC2. The summed E-state index contributed by atoms with van der Waals surface area (Å²) in [6.07, 6.45) is 7.28. The van der Waals surface area contributed by atoms with E-state index in [0.717, 1.165) is 42.2 Å². The Morgan fingerprint density at radius 3 is 3.00 bits per heavy atom. The average molecular weight is 318 g/mol. The Labute approximate surface area is 133 Å². The van der Waals surface area contributed by atoms with Crippen LogP contribution in [0.25, 0.3) is 0 Å². The molecule has 6 heteroatoms. The van der Waals surface area contributed by atoms with Gasteiger partial charge in [0.05, 0.1) is 10.6 Å². The van der Waals surface area contributed by atoms with Gasteiger partial charge in [-0.25, -0.2) is 9.97 Å². The van der Waals surface area contributed by atoms with Crippen molar-refractivity contribution in [2.75, 3.05) is 11.9 Å². The molecule has 3 N–H and O–H groups in total. The van der Waals surface area contributed by atoms with Gasteiger partial charge in [0.15, 0.2) is 0 Å². The minimum atomic E-state index is 0.410. The smallest absolute Gasteiger partial charge is 0.136 e. The molecule has 2 aromatic heterocycles. The molecule has 0 bridgehead atoms. The molecule has 0 unspecified atom stereocenters. The maximum atomic E-state index is 5.86. The summed E-state index contributed by atoms with van der Waals surface area (Å²) in [7, 11) is 0. The number of aromatic nitrogens is 2. The van der Waals surface area contributed by atoms with Gasteiger partial charge in [-0.2, -0.15) is 0 Å². The lowest BCUT2D eigenvalue weighted by molar-refractivity contribution is 0.668. The van der Waals surface area contributed by atoms with Gasteiger partial charge >= 0.3 is 0 Å². The predicted molar refractivity (Wildman–Crippen MR) is 91.1 cm³/mol. The number of nitrogens with zero attached hydrogens (tertiary/aromatic N) is 2. The van der Waals surface area contributed by atoms with Gasteiger partial charge < -0.3 is 11.1 Å². The van der Waals surface area contributed by atoms with Crippen LogP contribution in [-0.4, -0.2) is 21.5 Å². The Hall–Kier alpha value is -1.53. The summed E-state index contributed by atoms with van der Waals surface area (Å²) in [6, 6.07) is 2.12. The first-order valence-electron chi connectivity index (χ1n) is 7.19. The Morgan fingerprint density at radius 1 is 1.38 bits per heavy atom. The van der Waals surface area contributed by atoms with E-state index in [1.54, 1.807) is 11.3 Å². The van der Waals surface area contributed by atoms with E-state index in [-0.39, 0.29) is 0 Å². The van der Waals surface area contributed by atoms with Gasteiger partial charge in [0.2, 0.25) is 0 Å². The standard InChI is InChI=1S/C15H18N4S2/c16-14(20)11-9-10-3-1-2-4-12(10)19-15(11)18-6-5-13-17-7-8-21-13/h7-9H,1-6H2,(H2,16,20)(H,18,19). The van der Waals surface area contributed by atoms with Gasteiger partial charge in [0.1, 0.15) is 10.8 Å². The summed E-state index contributed by atoms with van der Waals surface area (Å²) in [4.78, 5) is 9.45. The summed E-state index contributed by atoms with van der Waals surface area (Å²) < 4.78 is 0. The van der Waals surface area contributed by atoms with Crippen LogP contribution in [0.1, 0.15) is 34.7 Å². The molecular weight excluding hydrogens is 300 g/mol. The van der Waals surface area contributed by atoms with Crippen LogP contribution in [0.4, 0.5) is 5.82 Å². The van der Waals surface area contributed by atoms with Crippen molar-refractivity contribution in [3.8, 4) is 0 Å². The van der Waals surface area contributed by atoms with Crippen molar-refractivity contribution in [3.63, 3.8) is 0 Å². The fourth-order valence-corrected chi connectivity index (χ4v) is 3.40. The number of nitrogens with one attached hydrogen (secondary N) is 1. The molecule has 3 rings (SSSR count). The number of rotatable bonds is 5. The molecule has 0 aliphatic heterocycles. The molecule has 1 aliphatic carbocycles. The van der Waals surface area contributed by atoms with E-state index in [9.17, 15) is 0 Å². The zero-order valence-corrected chi connectivity index (χ0v) is 13.4. The summed E-state index contributed by atoms with van der Waals surface area (Å²) in [6.45, 7) is 0.787. The quantitative estimate of drug-likeness (QED) is 0.830. The van der Waals surface area contributed by atoms with E-state index in [2.05, 4.69) is 16.4 Å². The van der Waals surface area contributed by atoms with Crippen molar-refractivity contribution in [1.82, 2.24) is 9.97 Å². The average Bonchev–Trinajstić information content (AvgIpc) is 2.99. The summed E-state index contributed by atoms with van der Waals surface area (Å²) in [5, 5.41) is 6.49. The number of anilines is 1. The van der Waals surface area contributed by atoms with Crippen LogP contribution in [0.5, 0.6) is 0 Å². The highest BCUT2D eigenvalue weighted by Crippen LogP contribution is 2.24. The highest BCUT2D eigenvalue weighted by Gasteiger charge is 2.16. The minimum absolute atomic E-state index is 0.410. The molecule has 0 saturated heterocycles. The molecule has 110 valence electrons. The Balaban J connectivity index is 1.77. The lowest BCUT2D eigenvalue weighted by Gasteiger charge is -2.19. The molecule has 0 amide bonds. The van der Waals surface area contributed by atoms with Crippen molar-refractivity contribution in [1.29, 1.82) is 0 Å². The van der Waals surface area contributed by atoms with Crippen molar-refractivity contribution in [2.24, 2.45) is 5.73 Å². The third kappa shape index (κ3) is 3.39. The van der Waals surface area contributed by atoms with Gasteiger partial charge in [-0.1, -0.05) is 12.2 Å². The predicted octanol–water partition coefficient (Wildman–Crippen LogP) is 2.71. The van der Waals surface area contributed by atoms with Crippen LogP contribution in [0, 0.1) is 0 Å². The van der Waals surface area contributed by atoms with Gasteiger partial charge in [-0.15, -0.1) is 11.3 Å². The van der Waals surface area contributed by atoms with E-state index in [4.69, 9.17) is 22.9 Å². The molecule has 1 aliphatic rings. The largest absolute Gasteiger partial charge is 0.389 e.